The molecule has 0 spiro atoms. The van der Waals surface area contributed by atoms with Gasteiger partial charge < -0.3 is 37.9 Å². The van der Waals surface area contributed by atoms with Gasteiger partial charge >= 0.3 is 23.9 Å². The van der Waals surface area contributed by atoms with Gasteiger partial charge in [-0.2, -0.15) is 0 Å². The third-order valence-electron chi connectivity index (χ3n) is 8.63. The highest BCUT2D eigenvalue weighted by Crippen LogP contribution is 2.29. The van der Waals surface area contributed by atoms with E-state index in [-0.39, 0.29) is 28.2 Å². The van der Waals surface area contributed by atoms with Gasteiger partial charge in [-0.25, -0.2) is 14.4 Å². The highest BCUT2D eigenvalue weighted by molar-refractivity contribution is 5.95. The molecule has 0 aromatic heterocycles. The molecule has 5 aromatic rings. The van der Waals surface area contributed by atoms with Crippen LogP contribution in [0.1, 0.15) is 31.1 Å². The molecule has 0 bridgehead atoms. The van der Waals surface area contributed by atoms with Gasteiger partial charge in [-0.1, -0.05) is 36.4 Å². The topological polar surface area (TPSA) is 142 Å². The van der Waals surface area contributed by atoms with Gasteiger partial charge in [0, 0.05) is 7.11 Å². The molecule has 5 aromatic carbocycles. The Morgan fingerprint density at radius 3 is 1.34 bits per heavy atom. The van der Waals surface area contributed by atoms with E-state index in [1.807, 2.05) is 0 Å². The third kappa shape index (κ3) is 9.12. The van der Waals surface area contributed by atoms with Gasteiger partial charge in [0.15, 0.2) is 11.5 Å². The zero-order valence-corrected chi connectivity index (χ0v) is 30.8. The lowest BCUT2D eigenvalue weighted by atomic mass is 9.95. The van der Waals surface area contributed by atoms with Gasteiger partial charge in [0.25, 0.3) is 0 Å². The van der Waals surface area contributed by atoms with Gasteiger partial charge in [-0.15, -0.1) is 0 Å². The number of ether oxygens (including phenoxy) is 8. The predicted octanol–water partition coefficient (Wildman–Crippen LogP) is 7.63. The maximum atomic E-state index is 13.0. The van der Waals surface area contributed by atoms with Crippen molar-refractivity contribution in [2.75, 3.05) is 28.4 Å². The first kappa shape index (κ1) is 38.5. The van der Waals surface area contributed by atoms with Gasteiger partial charge in [0.05, 0.1) is 38.6 Å². The van der Waals surface area contributed by atoms with E-state index in [2.05, 4.69) is 0 Å². The van der Waals surface area contributed by atoms with E-state index in [1.165, 1.54) is 77.0 Å². The molecule has 12 nitrogen and oxygen atoms in total. The summed E-state index contributed by atoms with van der Waals surface area (Å²) in [5.74, 6) is -0.734. The van der Waals surface area contributed by atoms with Gasteiger partial charge in [0.2, 0.25) is 0 Å². The number of hydrogen-bond donors (Lipinski definition) is 0. The van der Waals surface area contributed by atoms with E-state index in [9.17, 15) is 19.2 Å². The molecular formula is C44H36O12. The van der Waals surface area contributed by atoms with Crippen molar-refractivity contribution in [3.63, 3.8) is 0 Å². The van der Waals surface area contributed by atoms with Gasteiger partial charge in [0.1, 0.15) is 40.2 Å². The predicted molar refractivity (Wildman–Crippen MR) is 203 cm³/mol. The second kappa shape index (κ2) is 17.8. The molecule has 2 atom stereocenters. The number of benzene rings is 5. The molecule has 1 aliphatic rings. The molecule has 284 valence electrons. The Kier molecular flexibility index (Phi) is 12.2. The quantitative estimate of drug-likeness (QED) is 0.0861. The fraction of sp³-hybridized carbons (Fsp3) is 0.136. The van der Waals surface area contributed by atoms with Gasteiger partial charge in [-0.3, -0.25) is 4.79 Å². The Morgan fingerprint density at radius 2 is 0.875 bits per heavy atom. The smallest absolute Gasteiger partial charge is 0.347 e. The Morgan fingerprint density at radius 1 is 0.446 bits per heavy atom. The van der Waals surface area contributed by atoms with Crippen LogP contribution < -0.4 is 23.7 Å². The monoisotopic (exact) mass is 756 g/mol. The van der Waals surface area contributed by atoms with Crippen LogP contribution in [0.15, 0.2) is 145 Å². The molecule has 0 amide bonds. The Labute approximate surface area is 322 Å². The van der Waals surface area contributed by atoms with Crippen LogP contribution in [0.2, 0.25) is 0 Å². The first-order valence-electron chi connectivity index (χ1n) is 17.2. The number of carbonyl (C=O) groups is 4. The summed E-state index contributed by atoms with van der Waals surface area (Å²) in [6.45, 7) is 0. The minimum Gasteiger partial charge on any atom is -0.496 e. The van der Waals surface area contributed by atoms with E-state index < -0.39 is 35.9 Å². The van der Waals surface area contributed by atoms with Crippen molar-refractivity contribution in [3.8, 4) is 39.9 Å². The third-order valence-corrected chi connectivity index (χ3v) is 8.63. The van der Waals surface area contributed by atoms with Crippen LogP contribution in [0.25, 0.3) is 11.1 Å². The van der Waals surface area contributed by atoms with Gasteiger partial charge in [-0.05, 0) is 108 Å². The highest BCUT2D eigenvalue weighted by atomic mass is 16.6. The summed E-state index contributed by atoms with van der Waals surface area (Å²) in [4.78, 5) is 51.2. The van der Waals surface area contributed by atoms with Crippen molar-refractivity contribution in [1.82, 2.24) is 0 Å². The lowest BCUT2D eigenvalue weighted by molar-refractivity contribution is -0.140. The molecule has 0 heterocycles. The number of carbonyl (C=O) groups excluding carboxylic acids is 4. The first-order chi connectivity index (χ1) is 27.2. The fourth-order valence-corrected chi connectivity index (χ4v) is 5.67. The van der Waals surface area contributed by atoms with E-state index >= 15 is 0 Å². The summed E-state index contributed by atoms with van der Waals surface area (Å²) in [5.41, 5.74) is 2.47. The van der Waals surface area contributed by atoms with Crippen LogP contribution >= 0.6 is 0 Å². The average Bonchev–Trinajstić information content (AvgIpc) is 3.24. The normalized spacial score (nSPS) is 14.6. The van der Waals surface area contributed by atoms with Crippen LogP contribution in [0.5, 0.6) is 28.7 Å². The standard InChI is InChI=1S/C44H36O12/c1-49-37-8-6-5-7-35(37)43(47)55-33-21-13-29(14-22-33)41(45)53-31-17-9-27(10-18-31)28-11-19-32(20-12-28)54-42(46)30-15-23-34(24-16-30)56-44(48)36-25-39(51-3)40(52-4)26-38(36)50-2/h5-26,36,38H,1-4H3. The number of methoxy groups -OCH3 is 4. The largest absolute Gasteiger partial charge is 0.496 e. The average molecular weight is 757 g/mol. The maximum absolute atomic E-state index is 13.0. The van der Waals surface area contributed by atoms with Crippen molar-refractivity contribution >= 4 is 23.9 Å². The van der Waals surface area contributed by atoms with E-state index in [0.29, 0.717) is 28.8 Å². The molecular weight excluding hydrogens is 720 g/mol. The number of esters is 4. The van der Waals surface area contributed by atoms with Crippen LogP contribution in [-0.4, -0.2) is 58.4 Å². The van der Waals surface area contributed by atoms with Crippen LogP contribution in [-0.2, 0) is 19.0 Å². The number of rotatable bonds is 13. The van der Waals surface area contributed by atoms with Crippen molar-refractivity contribution in [2.45, 2.75) is 6.10 Å². The minimum absolute atomic E-state index is 0.236. The molecule has 0 radical (unpaired) electrons. The van der Waals surface area contributed by atoms with Crippen LogP contribution in [0.3, 0.4) is 0 Å². The fourth-order valence-electron chi connectivity index (χ4n) is 5.67. The summed E-state index contributed by atoms with van der Waals surface area (Å²) in [5, 5.41) is 0. The summed E-state index contributed by atoms with van der Waals surface area (Å²) in [6.07, 6.45) is 2.60. The van der Waals surface area contributed by atoms with Crippen molar-refractivity contribution < 1.29 is 57.1 Å². The number of para-hydroxylation sites is 1. The SMILES string of the molecule is COC1=CC(OC)C(C(=O)Oc2ccc(C(=O)Oc3ccc(-c4ccc(OC(=O)c5ccc(OC(=O)c6ccccc6OC)cc5)cc4)cc3)cc2)C=C1OC. The zero-order chi connectivity index (χ0) is 39.6. The summed E-state index contributed by atoms with van der Waals surface area (Å²) in [6, 6.07) is 32.6. The molecule has 0 saturated heterocycles. The van der Waals surface area contributed by atoms with Crippen LogP contribution in [0, 0.1) is 5.92 Å². The Bertz CT molecular complexity index is 2260. The van der Waals surface area contributed by atoms with Crippen molar-refractivity contribution in [1.29, 1.82) is 0 Å². The minimum atomic E-state index is -0.778. The lowest BCUT2D eigenvalue weighted by Gasteiger charge is -2.25. The second-order valence-electron chi connectivity index (χ2n) is 12.1. The first-order valence-corrected chi connectivity index (χ1v) is 17.2. The molecule has 0 saturated carbocycles. The Hall–Kier alpha value is -7.18. The van der Waals surface area contributed by atoms with Crippen LogP contribution in [0.4, 0.5) is 0 Å². The van der Waals surface area contributed by atoms with E-state index in [1.54, 1.807) is 84.9 Å². The molecule has 1 aliphatic carbocycles. The molecule has 0 fully saturated rings. The summed E-state index contributed by atoms with van der Waals surface area (Å²) < 4.78 is 43.3. The molecule has 56 heavy (non-hydrogen) atoms. The second-order valence-corrected chi connectivity index (χ2v) is 12.1. The van der Waals surface area contributed by atoms with Crippen molar-refractivity contribution in [2.24, 2.45) is 5.92 Å². The maximum Gasteiger partial charge on any atom is 0.347 e. The number of hydrogen-bond acceptors (Lipinski definition) is 12. The van der Waals surface area contributed by atoms with E-state index in [4.69, 9.17) is 37.9 Å². The highest BCUT2D eigenvalue weighted by Gasteiger charge is 2.33. The van der Waals surface area contributed by atoms with E-state index in [0.717, 1.165) is 11.1 Å². The molecule has 0 N–H and O–H groups in total. The zero-order valence-electron chi connectivity index (χ0n) is 30.8. The molecule has 0 aliphatic heterocycles. The Balaban J connectivity index is 0.994. The lowest BCUT2D eigenvalue weighted by Crippen LogP contribution is -2.33. The molecule has 2 unspecified atom stereocenters. The summed E-state index contributed by atoms with van der Waals surface area (Å²) >= 11 is 0. The summed E-state index contributed by atoms with van der Waals surface area (Å²) in [7, 11) is 5.91. The van der Waals surface area contributed by atoms with Crippen molar-refractivity contribution in [3.05, 3.63) is 162 Å². The molecule has 6 rings (SSSR count). The molecule has 12 heteroatoms.